The fourth-order valence-corrected chi connectivity index (χ4v) is 4.23. The van der Waals surface area contributed by atoms with E-state index in [1.54, 1.807) is 28.3 Å². The van der Waals surface area contributed by atoms with Gasteiger partial charge >= 0.3 is 5.97 Å². The van der Waals surface area contributed by atoms with Gasteiger partial charge < -0.3 is 10.0 Å². The van der Waals surface area contributed by atoms with Crippen LogP contribution in [0.25, 0.3) is 21.6 Å². The summed E-state index contributed by atoms with van der Waals surface area (Å²) in [5.41, 5.74) is 1.81. The van der Waals surface area contributed by atoms with Gasteiger partial charge in [0.2, 0.25) is 0 Å². The Bertz CT molecular complexity index is 1010. The Kier molecular flexibility index (Phi) is 4.43. The lowest BCUT2D eigenvalue weighted by Gasteiger charge is -2.22. The highest BCUT2D eigenvalue weighted by atomic mass is 32.1. The zero-order chi connectivity index (χ0) is 19.1. The molecule has 0 aromatic carbocycles. The van der Waals surface area contributed by atoms with Crippen LogP contribution in [-0.4, -0.2) is 49.2 Å². The van der Waals surface area contributed by atoms with Gasteiger partial charge in [-0.3, -0.25) is 4.79 Å². The first-order chi connectivity index (χ1) is 13.0. The molecule has 7 nitrogen and oxygen atoms in total. The first kappa shape index (κ1) is 17.7. The molecular formula is C19H20N4O3S. The fraction of sp³-hybridized carbons (Fsp3) is 0.368. The van der Waals surface area contributed by atoms with Crippen LogP contribution in [0.2, 0.25) is 0 Å². The lowest BCUT2D eigenvalue weighted by Crippen LogP contribution is -2.40. The number of aromatic nitrogens is 3. The Morgan fingerprint density at radius 3 is 2.85 bits per heavy atom. The van der Waals surface area contributed by atoms with E-state index in [1.165, 1.54) is 4.90 Å². The second kappa shape index (κ2) is 6.77. The van der Waals surface area contributed by atoms with E-state index in [2.05, 4.69) is 5.10 Å². The summed E-state index contributed by atoms with van der Waals surface area (Å²) in [5.74, 6) is -1.23. The van der Waals surface area contributed by atoms with Gasteiger partial charge in [0, 0.05) is 12.6 Å². The van der Waals surface area contributed by atoms with Crippen LogP contribution in [0, 0.1) is 0 Å². The van der Waals surface area contributed by atoms with Crippen LogP contribution in [0.5, 0.6) is 0 Å². The Morgan fingerprint density at radius 1 is 1.37 bits per heavy atom. The van der Waals surface area contributed by atoms with E-state index in [-0.39, 0.29) is 11.9 Å². The van der Waals surface area contributed by atoms with Gasteiger partial charge in [-0.2, -0.15) is 5.10 Å². The molecule has 4 heterocycles. The Labute approximate surface area is 160 Å². The Hall–Kier alpha value is -2.74. The molecule has 0 radical (unpaired) electrons. The SMILES string of the molecule is CC(C)n1ncc2c(C(=O)N3CCC[C@H]3C(=O)O)cc(-c3cccs3)nc21. The smallest absolute Gasteiger partial charge is 0.326 e. The molecule has 1 aliphatic rings. The van der Waals surface area contributed by atoms with Crippen molar-refractivity contribution in [3.05, 3.63) is 35.3 Å². The van der Waals surface area contributed by atoms with Crippen molar-refractivity contribution in [1.82, 2.24) is 19.7 Å². The number of hydrogen-bond donors (Lipinski definition) is 1. The van der Waals surface area contributed by atoms with Crippen molar-refractivity contribution in [2.75, 3.05) is 6.54 Å². The number of fused-ring (bicyclic) bond motifs is 1. The number of hydrogen-bond acceptors (Lipinski definition) is 5. The van der Waals surface area contributed by atoms with E-state index in [0.29, 0.717) is 41.7 Å². The van der Waals surface area contributed by atoms with Gasteiger partial charge in [-0.1, -0.05) is 6.07 Å². The molecule has 0 spiro atoms. The second-order valence-corrected chi connectivity index (χ2v) is 7.90. The predicted octanol–water partition coefficient (Wildman–Crippen LogP) is 3.43. The van der Waals surface area contributed by atoms with Gasteiger partial charge in [0.15, 0.2) is 5.65 Å². The molecule has 27 heavy (non-hydrogen) atoms. The minimum Gasteiger partial charge on any atom is -0.480 e. The minimum atomic E-state index is -0.956. The van der Waals surface area contributed by atoms with Gasteiger partial charge in [0.1, 0.15) is 6.04 Å². The molecule has 3 aromatic rings. The van der Waals surface area contributed by atoms with Gasteiger partial charge in [0.25, 0.3) is 5.91 Å². The third-order valence-corrected chi connectivity index (χ3v) is 5.75. The molecular weight excluding hydrogens is 364 g/mol. The van der Waals surface area contributed by atoms with Crippen LogP contribution in [0.3, 0.4) is 0 Å². The maximum absolute atomic E-state index is 13.3. The summed E-state index contributed by atoms with van der Waals surface area (Å²) in [6.45, 7) is 4.47. The Morgan fingerprint density at radius 2 is 2.19 bits per heavy atom. The van der Waals surface area contributed by atoms with E-state index in [1.807, 2.05) is 31.4 Å². The Balaban J connectivity index is 1.88. The minimum absolute atomic E-state index is 0.0927. The second-order valence-electron chi connectivity index (χ2n) is 6.95. The van der Waals surface area contributed by atoms with E-state index >= 15 is 0 Å². The number of carbonyl (C=O) groups is 2. The number of amides is 1. The molecule has 0 saturated carbocycles. The maximum Gasteiger partial charge on any atom is 0.326 e. The van der Waals surface area contributed by atoms with Crippen molar-refractivity contribution in [1.29, 1.82) is 0 Å². The molecule has 140 valence electrons. The summed E-state index contributed by atoms with van der Waals surface area (Å²) in [6, 6.07) is 4.98. The van der Waals surface area contributed by atoms with Crippen LogP contribution in [-0.2, 0) is 4.79 Å². The average molecular weight is 384 g/mol. The molecule has 1 fully saturated rings. The quantitative estimate of drug-likeness (QED) is 0.744. The molecule has 1 amide bonds. The summed E-state index contributed by atoms with van der Waals surface area (Å²) >= 11 is 1.55. The zero-order valence-corrected chi connectivity index (χ0v) is 15.9. The average Bonchev–Trinajstić information content (AvgIpc) is 3.39. The zero-order valence-electron chi connectivity index (χ0n) is 15.1. The number of carboxylic acid groups (broad SMARTS) is 1. The lowest BCUT2D eigenvalue weighted by atomic mass is 10.1. The van der Waals surface area contributed by atoms with E-state index in [4.69, 9.17) is 4.98 Å². The van der Waals surface area contributed by atoms with Crippen molar-refractivity contribution in [3.8, 4) is 10.6 Å². The van der Waals surface area contributed by atoms with Crippen molar-refractivity contribution >= 4 is 34.2 Å². The van der Waals surface area contributed by atoms with Gasteiger partial charge in [-0.05, 0) is 44.2 Å². The summed E-state index contributed by atoms with van der Waals surface area (Å²) in [6.07, 6.45) is 2.83. The number of carbonyl (C=O) groups excluding carboxylic acids is 1. The van der Waals surface area contributed by atoms with Gasteiger partial charge in [-0.25, -0.2) is 14.5 Å². The standard InChI is InChI=1S/C19H20N4O3S/c1-11(2)23-17-13(10-20-23)12(9-14(21-17)16-6-4-8-27-16)18(24)22-7-3-5-15(22)19(25)26/h4,6,8-11,15H,3,5,7H2,1-2H3,(H,25,26)/t15-/m0/s1. The third-order valence-electron chi connectivity index (χ3n) is 4.86. The number of pyridine rings is 1. The highest BCUT2D eigenvalue weighted by Crippen LogP contribution is 2.31. The molecule has 3 aromatic heterocycles. The summed E-state index contributed by atoms with van der Waals surface area (Å²) < 4.78 is 1.79. The molecule has 0 unspecified atom stereocenters. The summed E-state index contributed by atoms with van der Waals surface area (Å²) in [5, 5.41) is 16.5. The monoisotopic (exact) mass is 384 g/mol. The number of rotatable bonds is 4. The molecule has 1 saturated heterocycles. The van der Waals surface area contributed by atoms with Crippen LogP contribution in [0.4, 0.5) is 0 Å². The first-order valence-corrected chi connectivity index (χ1v) is 9.81. The predicted molar refractivity (Wildman–Crippen MR) is 103 cm³/mol. The van der Waals surface area contributed by atoms with Crippen molar-refractivity contribution < 1.29 is 14.7 Å². The van der Waals surface area contributed by atoms with Gasteiger partial charge in [-0.15, -0.1) is 11.3 Å². The number of aliphatic carboxylic acids is 1. The number of nitrogens with zero attached hydrogens (tertiary/aromatic N) is 4. The van der Waals surface area contributed by atoms with E-state index < -0.39 is 12.0 Å². The molecule has 8 heteroatoms. The number of carboxylic acids is 1. The molecule has 1 atom stereocenters. The van der Waals surface area contributed by atoms with Crippen molar-refractivity contribution in [2.24, 2.45) is 0 Å². The normalized spacial score (nSPS) is 17.1. The van der Waals surface area contributed by atoms with Crippen molar-refractivity contribution in [3.63, 3.8) is 0 Å². The number of thiophene rings is 1. The molecule has 0 bridgehead atoms. The molecule has 4 rings (SSSR count). The van der Waals surface area contributed by atoms with E-state index in [0.717, 1.165) is 4.88 Å². The topological polar surface area (TPSA) is 88.3 Å². The van der Waals surface area contributed by atoms with Crippen molar-refractivity contribution in [2.45, 2.75) is 38.8 Å². The number of likely N-dealkylation sites (tertiary alicyclic amines) is 1. The highest BCUT2D eigenvalue weighted by molar-refractivity contribution is 7.13. The highest BCUT2D eigenvalue weighted by Gasteiger charge is 2.35. The lowest BCUT2D eigenvalue weighted by molar-refractivity contribution is -0.141. The molecule has 0 aliphatic carbocycles. The van der Waals surface area contributed by atoms with Crippen LogP contribution in [0.1, 0.15) is 43.1 Å². The maximum atomic E-state index is 13.3. The fourth-order valence-electron chi connectivity index (χ4n) is 3.54. The summed E-state index contributed by atoms with van der Waals surface area (Å²) in [7, 11) is 0. The molecule has 1 aliphatic heterocycles. The third kappa shape index (κ3) is 2.99. The molecule has 1 N–H and O–H groups in total. The van der Waals surface area contributed by atoms with E-state index in [9.17, 15) is 14.7 Å². The first-order valence-electron chi connectivity index (χ1n) is 8.93. The van der Waals surface area contributed by atoms with Crippen LogP contribution in [0.15, 0.2) is 29.8 Å². The summed E-state index contributed by atoms with van der Waals surface area (Å²) in [4.78, 5) is 32.0. The largest absolute Gasteiger partial charge is 0.480 e. The van der Waals surface area contributed by atoms with Crippen LogP contribution < -0.4 is 0 Å². The van der Waals surface area contributed by atoms with Crippen LogP contribution >= 0.6 is 11.3 Å². The van der Waals surface area contributed by atoms with Gasteiger partial charge in [0.05, 0.1) is 27.7 Å².